The van der Waals surface area contributed by atoms with Crippen LogP contribution in [0.5, 0.6) is 0 Å². The van der Waals surface area contributed by atoms with Crippen molar-refractivity contribution in [2.24, 2.45) is 5.41 Å². The molecule has 0 saturated carbocycles. The summed E-state index contributed by atoms with van der Waals surface area (Å²) in [5, 5.41) is 11.0. The third-order valence-electron chi connectivity index (χ3n) is 5.51. The Hall–Kier alpha value is -3.35. The molecule has 0 atom stereocenters. The lowest BCUT2D eigenvalue weighted by atomic mass is 9.85. The molecule has 1 aliphatic heterocycles. The summed E-state index contributed by atoms with van der Waals surface area (Å²) in [4.78, 5) is 36.1. The molecule has 0 amide bonds. The fraction of sp³-hybridized carbons (Fsp3) is 0.348. The number of aryl methyl sites for hydroxylation is 1. The largest absolute Gasteiger partial charge is 0.545 e. The Balaban J connectivity index is 1.98. The van der Waals surface area contributed by atoms with Crippen LogP contribution < -0.4 is 5.11 Å². The highest BCUT2D eigenvalue weighted by Gasteiger charge is 2.50. The van der Waals surface area contributed by atoms with Crippen molar-refractivity contribution in [3.05, 3.63) is 58.4 Å². The lowest BCUT2D eigenvalue weighted by Gasteiger charge is -2.42. The number of benzene rings is 1. The topological polar surface area (TPSA) is 97.7 Å². The van der Waals surface area contributed by atoms with Crippen molar-refractivity contribution in [2.45, 2.75) is 47.3 Å². The van der Waals surface area contributed by atoms with Gasteiger partial charge in [-0.25, -0.2) is 9.59 Å². The minimum atomic E-state index is -1.35. The monoisotopic (exact) mass is 410 g/mol. The number of esters is 2. The number of ether oxygens (including phenoxy) is 2. The minimum Gasteiger partial charge on any atom is -0.545 e. The quantitative estimate of drug-likeness (QED) is 0.438. The average Bonchev–Trinajstić information content (AvgIpc) is 2.90. The predicted octanol–water partition coefficient (Wildman–Crippen LogP) is 2.70. The van der Waals surface area contributed by atoms with E-state index in [0.29, 0.717) is 5.56 Å². The first-order valence-electron chi connectivity index (χ1n) is 9.53. The number of rotatable bonds is 3. The summed E-state index contributed by atoms with van der Waals surface area (Å²) in [6.45, 7) is 10.7. The van der Waals surface area contributed by atoms with Crippen LogP contribution in [0.4, 0.5) is 0 Å². The summed E-state index contributed by atoms with van der Waals surface area (Å²) < 4.78 is 12.8. The van der Waals surface area contributed by atoms with Gasteiger partial charge in [-0.3, -0.25) is 0 Å². The number of nitrogens with zero attached hydrogens (tertiary/aromatic N) is 1. The number of hydrogen-bond acceptors (Lipinski definition) is 6. The molecule has 1 aromatic heterocycles. The van der Waals surface area contributed by atoms with E-state index < -0.39 is 29.1 Å². The summed E-state index contributed by atoms with van der Waals surface area (Å²) >= 11 is 0. The molecule has 0 N–H and O–H groups in total. The second kappa shape index (κ2) is 7.16. The first-order chi connectivity index (χ1) is 13.8. The molecule has 1 fully saturated rings. The molecule has 7 nitrogen and oxygen atoms in total. The van der Waals surface area contributed by atoms with Gasteiger partial charge >= 0.3 is 11.9 Å². The lowest BCUT2D eigenvalue weighted by Crippen LogP contribution is -2.52. The van der Waals surface area contributed by atoms with Crippen LogP contribution in [0.25, 0.3) is 11.8 Å². The molecule has 7 heteroatoms. The molecule has 0 unspecified atom stereocenters. The Labute approximate surface area is 174 Å². The van der Waals surface area contributed by atoms with Gasteiger partial charge < -0.3 is 23.9 Å². The van der Waals surface area contributed by atoms with Crippen molar-refractivity contribution in [3.63, 3.8) is 0 Å². The molecular formula is C23H24NO6-. The molecule has 30 heavy (non-hydrogen) atoms. The smallest absolute Gasteiger partial charge is 0.348 e. The maximum atomic E-state index is 12.6. The van der Waals surface area contributed by atoms with Crippen molar-refractivity contribution < 1.29 is 29.0 Å². The number of carboxylic acid groups (broad SMARTS) is 1. The molecule has 1 aliphatic rings. The zero-order valence-electron chi connectivity index (χ0n) is 17.9. The van der Waals surface area contributed by atoms with Crippen molar-refractivity contribution in [1.82, 2.24) is 4.57 Å². The molecule has 1 saturated heterocycles. The standard InChI is InChI=1S/C23H25NO6/c1-13-11-16(14(2)24(13)17-9-7-15(8-10-17)19(25)26)12-18-20(27)29-23(6,22(3,4)5)30-21(18)28/h7-12H,1-6H3,(H,25,26)/p-1. The highest BCUT2D eigenvalue weighted by Crippen LogP contribution is 2.39. The summed E-state index contributed by atoms with van der Waals surface area (Å²) in [5.41, 5.74) is 2.33. The second-order valence-corrected chi connectivity index (χ2v) is 8.53. The summed E-state index contributed by atoms with van der Waals surface area (Å²) in [7, 11) is 0. The molecule has 0 aliphatic carbocycles. The minimum absolute atomic E-state index is 0.0816. The Morgan fingerprint density at radius 2 is 1.60 bits per heavy atom. The maximum Gasteiger partial charge on any atom is 0.348 e. The van der Waals surface area contributed by atoms with Crippen molar-refractivity contribution in [2.75, 3.05) is 0 Å². The molecule has 2 aromatic rings. The summed E-state index contributed by atoms with van der Waals surface area (Å²) in [6.07, 6.45) is 1.46. The highest BCUT2D eigenvalue weighted by atomic mass is 16.7. The van der Waals surface area contributed by atoms with Gasteiger partial charge in [-0.05, 0) is 49.2 Å². The predicted molar refractivity (Wildman–Crippen MR) is 108 cm³/mol. The summed E-state index contributed by atoms with van der Waals surface area (Å²) in [5.74, 6) is -4.06. The number of cyclic esters (lactones) is 2. The third kappa shape index (κ3) is 3.63. The van der Waals surface area contributed by atoms with Gasteiger partial charge in [0.15, 0.2) is 0 Å². The van der Waals surface area contributed by atoms with Gasteiger partial charge in [0.25, 0.3) is 5.79 Å². The third-order valence-corrected chi connectivity index (χ3v) is 5.51. The van der Waals surface area contributed by atoms with Gasteiger partial charge in [-0.2, -0.15) is 0 Å². The fourth-order valence-electron chi connectivity index (χ4n) is 3.23. The molecular weight excluding hydrogens is 386 g/mol. The van der Waals surface area contributed by atoms with Crippen LogP contribution in [-0.4, -0.2) is 28.3 Å². The van der Waals surface area contributed by atoms with Gasteiger partial charge in [0.1, 0.15) is 5.57 Å². The van der Waals surface area contributed by atoms with E-state index in [1.54, 1.807) is 19.1 Å². The van der Waals surface area contributed by atoms with Crippen LogP contribution >= 0.6 is 0 Å². The zero-order valence-corrected chi connectivity index (χ0v) is 17.9. The van der Waals surface area contributed by atoms with E-state index in [-0.39, 0.29) is 11.1 Å². The van der Waals surface area contributed by atoms with Crippen LogP contribution in [-0.2, 0) is 19.1 Å². The van der Waals surface area contributed by atoms with Gasteiger partial charge in [0.05, 0.1) is 5.97 Å². The molecule has 0 spiro atoms. The second-order valence-electron chi connectivity index (χ2n) is 8.53. The van der Waals surface area contributed by atoms with Gasteiger partial charge in [-0.1, -0.05) is 32.9 Å². The van der Waals surface area contributed by atoms with Crippen LogP contribution in [0.3, 0.4) is 0 Å². The van der Waals surface area contributed by atoms with E-state index in [1.807, 2.05) is 45.3 Å². The van der Waals surface area contributed by atoms with Crippen LogP contribution in [0.15, 0.2) is 35.9 Å². The van der Waals surface area contributed by atoms with Gasteiger partial charge in [-0.15, -0.1) is 0 Å². The Morgan fingerprint density at radius 3 is 2.07 bits per heavy atom. The van der Waals surface area contributed by atoms with E-state index >= 15 is 0 Å². The number of hydrogen-bond donors (Lipinski definition) is 0. The molecule has 0 bridgehead atoms. The Morgan fingerprint density at radius 1 is 1.07 bits per heavy atom. The molecule has 1 aromatic carbocycles. The molecule has 3 rings (SSSR count). The van der Waals surface area contributed by atoms with E-state index in [0.717, 1.165) is 17.1 Å². The molecule has 2 heterocycles. The highest BCUT2D eigenvalue weighted by molar-refractivity contribution is 6.19. The first kappa shape index (κ1) is 21.4. The van der Waals surface area contributed by atoms with E-state index in [2.05, 4.69) is 0 Å². The normalized spacial score (nSPS) is 19.3. The van der Waals surface area contributed by atoms with Crippen molar-refractivity contribution in [1.29, 1.82) is 0 Å². The number of carbonyl (C=O) groups is 3. The first-order valence-corrected chi connectivity index (χ1v) is 9.53. The lowest BCUT2D eigenvalue weighted by molar-refractivity contribution is -0.261. The fourth-order valence-corrected chi connectivity index (χ4v) is 3.23. The maximum absolute atomic E-state index is 12.6. The molecule has 0 radical (unpaired) electrons. The van der Waals surface area contributed by atoms with Gasteiger partial charge in [0.2, 0.25) is 0 Å². The Kier molecular flexibility index (Phi) is 5.10. The van der Waals surface area contributed by atoms with E-state index in [9.17, 15) is 19.5 Å². The molecule has 158 valence electrons. The zero-order chi connectivity index (χ0) is 22.4. The van der Waals surface area contributed by atoms with Crippen molar-refractivity contribution in [3.8, 4) is 5.69 Å². The van der Waals surface area contributed by atoms with E-state index in [1.165, 1.54) is 18.2 Å². The van der Waals surface area contributed by atoms with Crippen LogP contribution in [0.2, 0.25) is 0 Å². The number of carboxylic acids is 1. The SMILES string of the molecule is Cc1cc(C=C2C(=O)OC(C)(C(C)(C)C)OC2=O)c(C)n1-c1ccc(C(=O)[O-])cc1. The average molecular weight is 410 g/mol. The Bertz CT molecular complexity index is 1050. The number of carbonyl (C=O) groups excluding carboxylic acids is 3. The van der Waals surface area contributed by atoms with Gasteiger partial charge in [0, 0.05) is 29.4 Å². The number of aromatic carboxylic acids is 1. The van der Waals surface area contributed by atoms with Crippen molar-refractivity contribution >= 4 is 24.0 Å². The van der Waals surface area contributed by atoms with Crippen LogP contribution in [0.1, 0.15) is 55.0 Å². The summed E-state index contributed by atoms with van der Waals surface area (Å²) in [6, 6.07) is 8.09. The number of aromatic nitrogens is 1. The van der Waals surface area contributed by atoms with E-state index in [4.69, 9.17) is 9.47 Å². The van der Waals surface area contributed by atoms with Crippen LogP contribution in [0, 0.1) is 19.3 Å².